The van der Waals surface area contributed by atoms with Crippen LogP contribution in [0.2, 0.25) is 0 Å². The normalized spacial score (nSPS) is 18.2. The molecular weight excluding hydrogens is 250 g/mol. The van der Waals surface area contributed by atoms with Gasteiger partial charge in [-0.2, -0.15) is 5.10 Å². The highest BCUT2D eigenvalue weighted by atomic mass is 15.1. The quantitative estimate of drug-likeness (QED) is 0.260. The molecule has 0 unspecified atom stereocenters. The van der Waals surface area contributed by atoms with Gasteiger partial charge in [0, 0.05) is 17.5 Å². The number of hydrogen-bond acceptors (Lipinski definition) is 5. The van der Waals surface area contributed by atoms with Crippen molar-refractivity contribution in [3.63, 3.8) is 0 Å². The number of hydrogen-bond donors (Lipinski definition) is 3. The molecule has 5 N–H and O–H groups in total. The van der Waals surface area contributed by atoms with E-state index in [1.807, 2.05) is 6.08 Å². The number of hydrazone groups is 1. The highest BCUT2D eigenvalue weighted by Gasteiger charge is 2.27. The zero-order valence-electron chi connectivity index (χ0n) is 12.2. The SMILES string of the molecule is C=CCC[C@@H](CC)N=CC(=N)C(C=NN)=C(N)C1CC1. The minimum atomic E-state index is 0.214. The first-order valence-electron chi connectivity index (χ1n) is 7.09. The molecule has 0 heterocycles. The summed E-state index contributed by atoms with van der Waals surface area (Å²) in [5.41, 5.74) is 7.62. The lowest BCUT2D eigenvalue weighted by Crippen LogP contribution is -2.16. The Morgan fingerprint density at radius 3 is 2.65 bits per heavy atom. The van der Waals surface area contributed by atoms with Crippen molar-refractivity contribution < 1.29 is 0 Å². The molecule has 0 aromatic carbocycles. The molecule has 1 aliphatic carbocycles. The maximum atomic E-state index is 8.09. The third-order valence-corrected chi connectivity index (χ3v) is 3.41. The third kappa shape index (κ3) is 4.99. The fraction of sp³-hybridized carbons (Fsp3) is 0.533. The molecule has 0 radical (unpaired) electrons. The van der Waals surface area contributed by atoms with Gasteiger partial charge in [0.2, 0.25) is 0 Å². The van der Waals surface area contributed by atoms with Gasteiger partial charge in [0.15, 0.2) is 0 Å². The average molecular weight is 275 g/mol. The summed E-state index contributed by atoms with van der Waals surface area (Å²) in [5, 5.41) is 11.6. The van der Waals surface area contributed by atoms with E-state index in [0.29, 0.717) is 17.2 Å². The minimum Gasteiger partial charge on any atom is -0.401 e. The van der Waals surface area contributed by atoms with Gasteiger partial charge in [0.05, 0.1) is 18.0 Å². The molecule has 20 heavy (non-hydrogen) atoms. The van der Waals surface area contributed by atoms with E-state index < -0.39 is 0 Å². The van der Waals surface area contributed by atoms with Crippen LogP contribution in [0.5, 0.6) is 0 Å². The second kappa shape index (κ2) is 8.30. The van der Waals surface area contributed by atoms with E-state index in [9.17, 15) is 0 Å². The average Bonchev–Trinajstić information content (AvgIpc) is 3.28. The summed E-state index contributed by atoms with van der Waals surface area (Å²) in [4.78, 5) is 4.46. The Bertz CT molecular complexity index is 430. The van der Waals surface area contributed by atoms with Gasteiger partial charge < -0.3 is 11.6 Å². The zero-order valence-corrected chi connectivity index (χ0v) is 12.2. The number of aliphatic imine (C=N–C) groups is 1. The summed E-state index contributed by atoms with van der Waals surface area (Å²) in [6.07, 6.45) is 9.90. The molecular formula is C15H25N5. The van der Waals surface area contributed by atoms with Crippen molar-refractivity contribution >= 4 is 18.1 Å². The van der Waals surface area contributed by atoms with Gasteiger partial charge in [-0.3, -0.25) is 10.4 Å². The van der Waals surface area contributed by atoms with Crippen molar-refractivity contribution in [3.05, 3.63) is 23.9 Å². The molecule has 1 rings (SSSR count). The van der Waals surface area contributed by atoms with Crippen molar-refractivity contribution in [1.29, 1.82) is 5.41 Å². The van der Waals surface area contributed by atoms with Crippen molar-refractivity contribution in [1.82, 2.24) is 0 Å². The van der Waals surface area contributed by atoms with Crippen LogP contribution in [0.1, 0.15) is 39.0 Å². The highest BCUT2D eigenvalue weighted by molar-refractivity contribution is 6.42. The molecule has 1 aliphatic rings. The van der Waals surface area contributed by atoms with Crippen molar-refractivity contribution in [2.24, 2.45) is 27.6 Å². The van der Waals surface area contributed by atoms with Gasteiger partial charge in [-0.05, 0) is 38.0 Å². The summed E-state index contributed by atoms with van der Waals surface area (Å²) in [7, 11) is 0. The van der Waals surface area contributed by atoms with Crippen molar-refractivity contribution in [2.75, 3.05) is 0 Å². The number of nitrogens with two attached hydrogens (primary N) is 2. The van der Waals surface area contributed by atoms with Crippen LogP contribution in [-0.2, 0) is 0 Å². The van der Waals surface area contributed by atoms with E-state index in [2.05, 4.69) is 23.6 Å². The fourth-order valence-electron chi connectivity index (χ4n) is 1.93. The monoisotopic (exact) mass is 275 g/mol. The summed E-state index contributed by atoms with van der Waals surface area (Å²) in [6, 6.07) is 0.214. The second-order valence-corrected chi connectivity index (χ2v) is 5.04. The summed E-state index contributed by atoms with van der Waals surface area (Å²) in [6.45, 7) is 5.80. The Morgan fingerprint density at radius 2 is 2.15 bits per heavy atom. The summed E-state index contributed by atoms with van der Waals surface area (Å²) in [5.74, 6) is 5.58. The number of nitrogens with zero attached hydrogens (tertiary/aromatic N) is 2. The summed E-state index contributed by atoms with van der Waals surface area (Å²) >= 11 is 0. The van der Waals surface area contributed by atoms with Crippen LogP contribution in [-0.4, -0.2) is 24.2 Å². The molecule has 1 saturated carbocycles. The Hall–Kier alpha value is -1.91. The molecule has 0 aromatic rings. The molecule has 0 aromatic heterocycles. The molecule has 5 heteroatoms. The van der Waals surface area contributed by atoms with Crippen LogP contribution < -0.4 is 11.6 Å². The lowest BCUT2D eigenvalue weighted by molar-refractivity contribution is 0.608. The molecule has 0 spiro atoms. The third-order valence-electron chi connectivity index (χ3n) is 3.41. The largest absolute Gasteiger partial charge is 0.401 e. The van der Waals surface area contributed by atoms with Gasteiger partial charge in [-0.15, -0.1) is 6.58 Å². The van der Waals surface area contributed by atoms with Crippen LogP contribution in [0.3, 0.4) is 0 Å². The van der Waals surface area contributed by atoms with E-state index in [1.54, 1.807) is 6.21 Å². The zero-order chi connectivity index (χ0) is 15.0. The number of rotatable bonds is 9. The fourth-order valence-corrected chi connectivity index (χ4v) is 1.93. The molecule has 1 atom stereocenters. The standard InChI is InChI=1S/C15H25N5/c1-3-5-6-12(4-2)19-10-14(16)13(9-20-18)15(17)11-7-8-11/h3,9-12,16H,1,4-8,17-18H2,2H3/t12-/m1/s1. The number of allylic oxidation sites excluding steroid dienone is 3. The summed E-state index contributed by atoms with van der Waals surface area (Å²) < 4.78 is 0. The van der Waals surface area contributed by atoms with Gasteiger partial charge in [0.25, 0.3) is 0 Å². The topological polar surface area (TPSA) is 101 Å². The lowest BCUT2D eigenvalue weighted by atomic mass is 10.1. The first-order valence-corrected chi connectivity index (χ1v) is 7.09. The maximum absolute atomic E-state index is 8.09. The number of nitrogens with one attached hydrogen (secondary N) is 1. The van der Waals surface area contributed by atoms with Crippen LogP contribution in [0.4, 0.5) is 0 Å². The Morgan fingerprint density at radius 1 is 1.45 bits per heavy atom. The minimum absolute atomic E-state index is 0.214. The van der Waals surface area contributed by atoms with Crippen LogP contribution in [0, 0.1) is 11.3 Å². The van der Waals surface area contributed by atoms with Crippen molar-refractivity contribution in [3.8, 4) is 0 Å². The Balaban J connectivity index is 2.75. The Labute approximate surface area is 121 Å². The van der Waals surface area contributed by atoms with E-state index >= 15 is 0 Å². The molecule has 0 saturated heterocycles. The maximum Gasteiger partial charge on any atom is 0.0824 e. The van der Waals surface area contributed by atoms with E-state index in [-0.39, 0.29) is 11.8 Å². The predicted octanol–water partition coefficient (Wildman–Crippen LogP) is 2.39. The van der Waals surface area contributed by atoms with E-state index in [4.69, 9.17) is 17.0 Å². The van der Waals surface area contributed by atoms with Gasteiger partial charge >= 0.3 is 0 Å². The smallest absolute Gasteiger partial charge is 0.0824 e. The molecule has 0 bridgehead atoms. The van der Waals surface area contributed by atoms with Crippen LogP contribution >= 0.6 is 0 Å². The van der Waals surface area contributed by atoms with Crippen molar-refractivity contribution in [2.45, 2.75) is 45.1 Å². The second-order valence-electron chi connectivity index (χ2n) is 5.04. The van der Waals surface area contributed by atoms with Crippen LogP contribution in [0.25, 0.3) is 0 Å². The van der Waals surface area contributed by atoms with Gasteiger partial charge in [-0.1, -0.05) is 13.0 Å². The van der Waals surface area contributed by atoms with E-state index in [1.165, 1.54) is 6.21 Å². The highest BCUT2D eigenvalue weighted by Crippen LogP contribution is 2.35. The lowest BCUT2D eigenvalue weighted by Gasteiger charge is -2.09. The van der Waals surface area contributed by atoms with Crippen LogP contribution in [0.15, 0.2) is 34.0 Å². The molecule has 1 fully saturated rings. The molecule has 110 valence electrons. The van der Waals surface area contributed by atoms with E-state index in [0.717, 1.165) is 32.1 Å². The first kappa shape index (κ1) is 16.1. The first-order chi connectivity index (χ1) is 9.63. The predicted molar refractivity (Wildman–Crippen MR) is 86.3 cm³/mol. The Kier molecular flexibility index (Phi) is 6.70. The molecule has 0 aliphatic heterocycles. The van der Waals surface area contributed by atoms with Gasteiger partial charge in [-0.25, -0.2) is 0 Å². The van der Waals surface area contributed by atoms with Gasteiger partial charge in [0.1, 0.15) is 0 Å². The molecule has 5 nitrogen and oxygen atoms in total. The molecule has 0 amide bonds.